The summed E-state index contributed by atoms with van der Waals surface area (Å²) in [7, 11) is 0. The van der Waals surface area contributed by atoms with Gasteiger partial charge in [-0.25, -0.2) is 0 Å². The largest absolute Gasteiger partial charge is 0.370 e. The number of rotatable bonds is 3. The first kappa shape index (κ1) is 14.8. The van der Waals surface area contributed by atoms with Gasteiger partial charge in [-0.2, -0.15) is 0 Å². The maximum atomic E-state index is 5.70. The molecule has 1 aliphatic rings. The molecular weight excluding hydrogens is 246 g/mol. The van der Waals surface area contributed by atoms with E-state index in [4.69, 9.17) is 5.73 Å². The van der Waals surface area contributed by atoms with Crippen LogP contribution < -0.4 is 11.1 Å². The van der Waals surface area contributed by atoms with Gasteiger partial charge in [-0.05, 0) is 29.9 Å². The van der Waals surface area contributed by atoms with E-state index in [1.807, 2.05) is 0 Å². The standard InChI is InChI=1S/C14H21N3.ClH/c1-10(2)9-11-3-5-12(6-4-11)13-7-8-16-14(15)17-13;/h3-6,10,13H,7-9H2,1-2H3,(H3,15,16,17);1H. The molecule has 0 radical (unpaired) electrons. The molecule has 0 fully saturated rings. The average Bonchev–Trinajstić information content (AvgIpc) is 2.29. The Labute approximate surface area is 115 Å². The minimum absolute atomic E-state index is 0. The van der Waals surface area contributed by atoms with Gasteiger partial charge in [0.1, 0.15) is 0 Å². The van der Waals surface area contributed by atoms with Gasteiger partial charge in [0.25, 0.3) is 0 Å². The summed E-state index contributed by atoms with van der Waals surface area (Å²) in [5.41, 5.74) is 8.40. The summed E-state index contributed by atoms with van der Waals surface area (Å²) in [5.74, 6) is 1.27. The Morgan fingerprint density at radius 2 is 2.00 bits per heavy atom. The Kier molecular flexibility index (Phi) is 5.48. The fourth-order valence-corrected chi connectivity index (χ4v) is 2.22. The van der Waals surface area contributed by atoms with Gasteiger partial charge < -0.3 is 11.1 Å². The molecule has 1 heterocycles. The predicted molar refractivity (Wildman–Crippen MR) is 79.2 cm³/mol. The van der Waals surface area contributed by atoms with Gasteiger partial charge in [0.2, 0.25) is 0 Å². The van der Waals surface area contributed by atoms with Crippen LogP contribution in [0.3, 0.4) is 0 Å². The lowest BCUT2D eigenvalue weighted by Crippen LogP contribution is -2.38. The molecule has 3 N–H and O–H groups in total. The summed E-state index contributed by atoms with van der Waals surface area (Å²) in [5, 5.41) is 3.22. The smallest absolute Gasteiger partial charge is 0.189 e. The highest BCUT2D eigenvalue weighted by Gasteiger charge is 2.15. The zero-order chi connectivity index (χ0) is 12.3. The monoisotopic (exact) mass is 267 g/mol. The fraction of sp³-hybridized carbons (Fsp3) is 0.500. The molecule has 18 heavy (non-hydrogen) atoms. The third-order valence-electron chi connectivity index (χ3n) is 3.05. The first-order valence-electron chi connectivity index (χ1n) is 6.30. The SMILES string of the molecule is CC(C)Cc1ccc(C2CCN=C(N)N2)cc1.Cl. The van der Waals surface area contributed by atoms with Gasteiger partial charge in [0, 0.05) is 6.54 Å². The lowest BCUT2D eigenvalue weighted by molar-refractivity contribution is 0.568. The molecule has 1 aliphatic heterocycles. The molecule has 0 spiro atoms. The number of halogens is 1. The van der Waals surface area contributed by atoms with E-state index in [-0.39, 0.29) is 12.4 Å². The molecule has 4 heteroatoms. The fourth-order valence-electron chi connectivity index (χ4n) is 2.22. The number of guanidine groups is 1. The van der Waals surface area contributed by atoms with Crippen LogP contribution in [-0.4, -0.2) is 12.5 Å². The summed E-state index contributed by atoms with van der Waals surface area (Å²) in [6.07, 6.45) is 2.16. The maximum absolute atomic E-state index is 5.70. The Morgan fingerprint density at radius 3 is 2.56 bits per heavy atom. The van der Waals surface area contributed by atoms with Crippen molar-refractivity contribution in [3.63, 3.8) is 0 Å². The van der Waals surface area contributed by atoms with Crippen LogP contribution >= 0.6 is 12.4 Å². The van der Waals surface area contributed by atoms with Crippen LogP contribution in [0.4, 0.5) is 0 Å². The average molecular weight is 268 g/mol. The molecule has 0 saturated carbocycles. The number of nitrogens with one attached hydrogen (secondary N) is 1. The Bertz CT molecular complexity index is 398. The third-order valence-corrected chi connectivity index (χ3v) is 3.05. The van der Waals surface area contributed by atoms with Crippen LogP contribution in [0.25, 0.3) is 0 Å². The molecule has 1 aromatic rings. The van der Waals surface area contributed by atoms with Gasteiger partial charge in [0.05, 0.1) is 6.04 Å². The highest BCUT2D eigenvalue weighted by molar-refractivity contribution is 5.85. The van der Waals surface area contributed by atoms with E-state index in [1.54, 1.807) is 0 Å². The third kappa shape index (κ3) is 3.91. The normalized spacial score (nSPS) is 18.8. The number of nitrogens with two attached hydrogens (primary N) is 1. The van der Waals surface area contributed by atoms with Gasteiger partial charge >= 0.3 is 0 Å². The van der Waals surface area contributed by atoms with Crippen molar-refractivity contribution in [2.45, 2.75) is 32.7 Å². The molecule has 0 bridgehead atoms. The van der Waals surface area contributed by atoms with Gasteiger partial charge in [-0.15, -0.1) is 12.4 Å². The number of benzene rings is 1. The van der Waals surface area contributed by atoms with Crippen LogP contribution in [0, 0.1) is 5.92 Å². The molecular formula is C14H22ClN3. The second kappa shape index (κ2) is 6.64. The van der Waals surface area contributed by atoms with Gasteiger partial charge in [-0.1, -0.05) is 38.1 Å². The molecule has 0 saturated heterocycles. The van der Waals surface area contributed by atoms with E-state index >= 15 is 0 Å². The lowest BCUT2D eigenvalue weighted by atomic mass is 9.98. The Hall–Kier alpha value is -1.22. The number of hydrogen-bond acceptors (Lipinski definition) is 3. The number of hydrogen-bond donors (Lipinski definition) is 2. The minimum atomic E-state index is 0. The molecule has 0 aliphatic carbocycles. The number of nitrogens with zero attached hydrogens (tertiary/aromatic N) is 1. The van der Waals surface area contributed by atoms with Gasteiger partial charge in [0.15, 0.2) is 5.96 Å². The van der Waals surface area contributed by atoms with Crippen LogP contribution in [0.2, 0.25) is 0 Å². The first-order chi connectivity index (χ1) is 8.15. The molecule has 1 aromatic carbocycles. The second-order valence-corrected chi connectivity index (χ2v) is 5.09. The zero-order valence-corrected chi connectivity index (χ0v) is 11.8. The summed E-state index contributed by atoms with van der Waals surface area (Å²) in [6.45, 7) is 5.30. The predicted octanol–water partition coefficient (Wildman–Crippen LogP) is 2.66. The van der Waals surface area contributed by atoms with Crippen LogP contribution in [-0.2, 0) is 6.42 Å². The van der Waals surface area contributed by atoms with Crippen LogP contribution in [0.5, 0.6) is 0 Å². The van der Waals surface area contributed by atoms with E-state index in [1.165, 1.54) is 11.1 Å². The molecule has 0 aromatic heterocycles. The van der Waals surface area contributed by atoms with E-state index in [2.05, 4.69) is 48.4 Å². The molecule has 1 atom stereocenters. The van der Waals surface area contributed by atoms with Crippen molar-refractivity contribution in [3.8, 4) is 0 Å². The molecule has 3 nitrogen and oxygen atoms in total. The minimum Gasteiger partial charge on any atom is -0.370 e. The van der Waals surface area contributed by atoms with Crippen molar-refractivity contribution < 1.29 is 0 Å². The number of aliphatic imine (C=N–C) groups is 1. The van der Waals surface area contributed by atoms with Gasteiger partial charge in [-0.3, -0.25) is 4.99 Å². The van der Waals surface area contributed by atoms with E-state index < -0.39 is 0 Å². The first-order valence-corrected chi connectivity index (χ1v) is 6.30. The van der Waals surface area contributed by atoms with Crippen molar-refractivity contribution >= 4 is 18.4 Å². The Balaban J connectivity index is 0.00000162. The quantitative estimate of drug-likeness (QED) is 0.885. The Morgan fingerprint density at radius 1 is 1.33 bits per heavy atom. The summed E-state index contributed by atoms with van der Waals surface area (Å²) in [6, 6.07) is 9.17. The van der Waals surface area contributed by atoms with Crippen LogP contribution in [0.15, 0.2) is 29.3 Å². The highest BCUT2D eigenvalue weighted by atomic mass is 35.5. The lowest BCUT2D eigenvalue weighted by Gasteiger charge is -2.23. The van der Waals surface area contributed by atoms with Crippen molar-refractivity contribution in [1.29, 1.82) is 0 Å². The zero-order valence-electron chi connectivity index (χ0n) is 11.0. The summed E-state index contributed by atoms with van der Waals surface area (Å²) < 4.78 is 0. The molecule has 1 unspecified atom stereocenters. The molecule has 2 rings (SSSR count). The second-order valence-electron chi connectivity index (χ2n) is 5.09. The van der Waals surface area contributed by atoms with E-state index in [9.17, 15) is 0 Å². The van der Waals surface area contributed by atoms with Crippen molar-refractivity contribution in [2.75, 3.05) is 6.54 Å². The highest BCUT2D eigenvalue weighted by Crippen LogP contribution is 2.20. The van der Waals surface area contributed by atoms with Crippen molar-refractivity contribution in [1.82, 2.24) is 5.32 Å². The summed E-state index contributed by atoms with van der Waals surface area (Å²) >= 11 is 0. The topological polar surface area (TPSA) is 50.4 Å². The van der Waals surface area contributed by atoms with Crippen LogP contribution in [0.1, 0.15) is 37.4 Å². The van der Waals surface area contributed by atoms with Crippen molar-refractivity contribution in [2.24, 2.45) is 16.6 Å². The van der Waals surface area contributed by atoms with Crippen molar-refractivity contribution in [3.05, 3.63) is 35.4 Å². The molecule has 100 valence electrons. The van der Waals surface area contributed by atoms with E-state index in [0.717, 1.165) is 19.4 Å². The summed E-state index contributed by atoms with van der Waals surface area (Å²) in [4.78, 5) is 4.15. The maximum Gasteiger partial charge on any atom is 0.189 e. The molecule has 0 amide bonds. The van der Waals surface area contributed by atoms with E-state index in [0.29, 0.717) is 17.9 Å².